The van der Waals surface area contributed by atoms with Gasteiger partial charge in [0, 0.05) is 58.5 Å². The average Bonchev–Trinajstić information content (AvgIpc) is 3.87. The molecule has 6 heteroatoms. The predicted molar refractivity (Wildman–Crippen MR) is 211 cm³/mol. The first-order chi connectivity index (χ1) is 25.3. The van der Waals surface area contributed by atoms with Crippen molar-refractivity contribution in [2.45, 2.75) is 0 Å². The maximum absolute atomic E-state index is 6.47. The van der Waals surface area contributed by atoms with Crippen LogP contribution in [0.15, 0.2) is 162 Å². The number of nitrogens with zero attached hydrogens (tertiary/aromatic N) is 4. The van der Waals surface area contributed by atoms with Gasteiger partial charge in [0.05, 0.1) is 16.6 Å². The minimum absolute atomic E-state index is 0.568. The topological polar surface area (TPSA) is 56.7 Å². The lowest BCUT2D eigenvalue weighted by atomic mass is 10.1. The summed E-state index contributed by atoms with van der Waals surface area (Å²) in [5.41, 5.74) is 7.62. The van der Waals surface area contributed by atoms with Crippen LogP contribution in [0, 0.1) is 0 Å². The van der Waals surface area contributed by atoms with Gasteiger partial charge in [0.2, 0.25) is 0 Å². The van der Waals surface area contributed by atoms with E-state index < -0.39 is 0 Å². The summed E-state index contributed by atoms with van der Waals surface area (Å²) in [5, 5.41) is 7.04. The highest BCUT2D eigenvalue weighted by molar-refractivity contribution is 7.25. The van der Waals surface area contributed by atoms with Crippen molar-refractivity contribution in [2.75, 3.05) is 0 Å². The third-order valence-electron chi connectivity index (χ3n) is 9.86. The lowest BCUT2D eigenvalue weighted by molar-refractivity contribution is 0.669. The average molecular weight is 671 g/mol. The predicted octanol–water partition coefficient (Wildman–Crippen LogP) is 12.2. The molecule has 238 valence electrons. The van der Waals surface area contributed by atoms with E-state index in [1.165, 1.54) is 30.9 Å². The van der Waals surface area contributed by atoms with Crippen molar-refractivity contribution in [1.29, 1.82) is 0 Å². The van der Waals surface area contributed by atoms with E-state index >= 15 is 0 Å². The molecule has 4 heterocycles. The quantitative estimate of drug-likeness (QED) is 0.187. The van der Waals surface area contributed by atoms with E-state index in [4.69, 9.17) is 19.4 Å². The SMILES string of the molecule is c1cc(-c2nc(-c3ccc4c(c3)sc3ccccc34)nc(-c3cccc4c3oc3ccccc34)n2)cc(-n2c3ccccc3c3ccccc32)c1. The summed E-state index contributed by atoms with van der Waals surface area (Å²) in [4.78, 5) is 15.5. The summed E-state index contributed by atoms with van der Waals surface area (Å²) in [6, 6.07) is 55.0. The highest BCUT2D eigenvalue weighted by Crippen LogP contribution is 2.39. The zero-order valence-electron chi connectivity index (χ0n) is 27.1. The first kappa shape index (κ1) is 28.2. The molecule has 5 nitrogen and oxygen atoms in total. The maximum atomic E-state index is 6.47. The third-order valence-corrected chi connectivity index (χ3v) is 11.0. The molecule has 0 saturated carbocycles. The number of aromatic nitrogens is 4. The van der Waals surface area contributed by atoms with Crippen LogP contribution in [-0.4, -0.2) is 19.5 Å². The van der Waals surface area contributed by atoms with Gasteiger partial charge in [-0.15, -0.1) is 11.3 Å². The Balaban J connectivity index is 1.14. The van der Waals surface area contributed by atoms with Gasteiger partial charge in [0.25, 0.3) is 0 Å². The number of benzene rings is 7. The molecular weight excluding hydrogens is 645 g/mol. The van der Waals surface area contributed by atoms with E-state index in [-0.39, 0.29) is 0 Å². The number of hydrogen-bond donors (Lipinski definition) is 0. The summed E-state index contributed by atoms with van der Waals surface area (Å²) in [7, 11) is 0. The van der Waals surface area contributed by atoms with E-state index in [9.17, 15) is 0 Å². The Kier molecular flexibility index (Phi) is 6.05. The summed E-state index contributed by atoms with van der Waals surface area (Å²) in [5.74, 6) is 1.78. The lowest BCUT2D eigenvalue weighted by Gasteiger charge is -2.12. The zero-order valence-corrected chi connectivity index (χ0v) is 27.9. The Morgan fingerprint density at radius 2 is 1.04 bits per heavy atom. The summed E-state index contributed by atoms with van der Waals surface area (Å²) < 4.78 is 11.3. The molecule has 0 aliphatic heterocycles. The number of fused-ring (bicyclic) bond motifs is 9. The van der Waals surface area contributed by atoms with Crippen LogP contribution in [0.25, 0.3) is 104 Å². The fourth-order valence-electron chi connectivity index (χ4n) is 7.53. The second-order valence-electron chi connectivity index (χ2n) is 12.8. The van der Waals surface area contributed by atoms with Gasteiger partial charge in [-0.3, -0.25) is 0 Å². The molecule has 0 radical (unpaired) electrons. The third kappa shape index (κ3) is 4.37. The van der Waals surface area contributed by atoms with E-state index in [0.29, 0.717) is 17.5 Å². The number of hydrogen-bond acceptors (Lipinski definition) is 5. The van der Waals surface area contributed by atoms with Crippen LogP contribution in [0.4, 0.5) is 0 Å². The molecule has 0 saturated heterocycles. The normalized spacial score (nSPS) is 11.9. The summed E-state index contributed by atoms with van der Waals surface area (Å²) in [6.07, 6.45) is 0. The van der Waals surface area contributed by atoms with E-state index in [0.717, 1.165) is 55.3 Å². The molecule has 0 spiro atoms. The Morgan fingerprint density at radius 1 is 0.431 bits per heavy atom. The van der Waals surface area contributed by atoms with Crippen LogP contribution < -0.4 is 0 Å². The van der Waals surface area contributed by atoms with Crippen molar-refractivity contribution >= 4 is 75.3 Å². The van der Waals surface area contributed by atoms with E-state index in [1.54, 1.807) is 11.3 Å². The van der Waals surface area contributed by atoms with Gasteiger partial charge in [-0.05, 0) is 48.5 Å². The molecule has 0 amide bonds. The molecule has 11 aromatic rings. The smallest absolute Gasteiger partial charge is 0.167 e. The van der Waals surface area contributed by atoms with Crippen molar-refractivity contribution < 1.29 is 4.42 Å². The van der Waals surface area contributed by atoms with Crippen LogP contribution in [-0.2, 0) is 0 Å². The Hall–Kier alpha value is -6.63. The van der Waals surface area contributed by atoms with Crippen molar-refractivity contribution in [2.24, 2.45) is 0 Å². The Morgan fingerprint density at radius 3 is 1.84 bits per heavy atom. The number of thiophene rings is 1. The van der Waals surface area contributed by atoms with Gasteiger partial charge in [-0.1, -0.05) is 109 Å². The highest BCUT2D eigenvalue weighted by atomic mass is 32.1. The monoisotopic (exact) mass is 670 g/mol. The molecule has 0 aliphatic rings. The molecule has 0 fully saturated rings. The molecular formula is C45H26N4OS. The molecule has 4 aromatic heterocycles. The summed E-state index contributed by atoms with van der Waals surface area (Å²) >= 11 is 1.79. The number of furan rings is 1. The van der Waals surface area contributed by atoms with Gasteiger partial charge in [0.1, 0.15) is 11.2 Å². The lowest BCUT2D eigenvalue weighted by Crippen LogP contribution is -2.01. The van der Waals surface area contributed by atoms with Crippen molar-refractivity contribution in [3.05, 3.63) is 158 Å². The molecule has 0 aliphatic carbocycles. The van der Waals surface area contributed by atoms with E-state index in [1.807, 2.05) is 24.3 Å². The molecule has 11 rings (SSSR count). The molecule has 0 atom stereocenters. The first-order valence-electron chi connectivity index (χ1n) is 16.9. The molecule has 51 heavy (non-hydrogen) atoms. The van der Waals surface area contributed by atoms with Gasteiger partial charge < -0.3 is 8.98 Å². The molecule has 7 aromatic carbocycles. The minimum atomic E-state index is 0.568. The van der Waals surface area contributed by atoms with Crippen molar-refractivity contribution in [3.63, 3.8) is 0 Å². The van der Waals surface area contributed by atoms with Gasteiger partial charge in [0.15, 0.2) is 17.5 Å². The van der Waals surface area contributed by atoms with Gasteiger partial charge >= 0.3 is 0 Å². The van der Waals surface area contributed by atoms with Crippen LogP contribution in [0.2, 0.25) is 0 Å². The van der Waals surface area contributed by atoms with Crippen molar-refractivity contribution in [3.8, 4) is 39.9 Å². The number of para-hydroxylation sites is 4. The van der Waals surface area contributed by atoms with Gasteiger partial charge in [-0.25, -0.2) is 15.0 Å². The molecule has 0 N–H and O–H groups in total. The largest absolute Gasteiger partial charge is 0.455 e. The van der Waals surface area contributed by atoms with Crippen LogP contribution in [0.3, 0.4) is 0 Å². The van der Waals surface area contributed by atoms with Crippen LogP contribution in [0.5, 0.6) is 0 Å². The second kappa shape index (κ2) is 10.9. The number of rotatable bonds is 4. The molecule has 0 unspecified atom stereocenters. The standard InChI is InChI=1S/C45H26N4OS/c1-5-19-37-30(13-1)31-14-2-6-20-38(31)49(37)29-12-9-11-27(25-29)43-46-44(28-23-24-34-33-16-4-8-22-40(33)51-41(34)26-28)48-45(47-43)36-18-10-17-35-32-15-3-7-21-39(32)50-42(35)36/h1-26H. The fraction of sp³-hybridized carbons (Fsp3) is 0. The molecule has 0 bridgehead atoms. The first-order valence-corrected chi connectivity index (χ1v) is 17.8. The highest BCUT2D eigenvalue weighted by Gasteiger charge is 2.19. The Bertz CT molecular complexity index is 3120. The Labute approximate surface area is 295 Å². The van der Waals surface area contributed by atoms with Crippen LogP contribution in [0.1, 0.15) is 0 Å². The maximum Gasteiger partial charge on any atom is 0.167 e. The second-order valence-corrected chi connectivity index (χ2v) is 13.9. The van der Waals surface area contributed by atoms with Gasteiger partial charge in [-0.2, -0.15) is 0 Å². The fourth-order valence-corrected chi connectivity index (χ4v) is 8.67. The van der Waals surface area contributed by atoms with Crippen LogP contribution >= 0.6 is 11.3 Å². The van der Waals surface area contributed by atoms with E-state index in [2.05, 4.69) is 138 Å². The van der Waals surface area contributed by atoms with Crippen molar-refractivity contribution in [1.82, 2.24) is 19.5 Å². The summed E-state index contributed by atoms with van der Waals surface area (Å²) in [6.45, 7) is 0. The zero-order chi connectivity index (χ0) is 33.5. The minimum Gasteiger partial charge on any atom is -0.455 e.